The summed E-state index contributed by atoms with van der Waals surface area (Å²) in [5.74, 6) is 0. The van der Waals surface area contributed by atoms with Crippen molar-refractivity contribution in [2.75, 3.05) is 0 Å². The Kier molecular flexibility index (Phi) is 3.53. The second kappa shape index (κ2) is 3.67. The lowest BCUT2D eigenvalue weighted by Gasteiger charge is -2.02. The SMILES string of the molecule is CCC=C(C)C(C)N. The number of allylic oxidation sites excluding steroid dienone is 1. The van der Waals surface area contributed by atoms with Gasteiger partial charge in [-0.1, -0.05) is 18.6 Å². The third-order valence-corrected chi connectivity index (χ3v) is 1.24. The van der Waals surface area contributed by atoms with Crippen LogP contribution in [0, 0.1) is 0 Å². The van der Waals surface area contributed by atoms with Crippen LogP contribution in [0.15, 0.2) is 11.6 Å². The van der Waals surface area contributed by atoms with Gasteiger partial charge in [-0.2, -0.15) is 0 Å². The van der Waals surface area contributed by atoms with Gasteiger partial charge in [-0.05, 0) is 20.3 Å². The van der Waals surface area contributed by atoms with Gasteiger partial charge in [0.1, 0.15) is 0 Å². The molecule has 0 aromatic rings. The molecule has 0 aliphatic heterocycles. The molecule has 0 bridgehead atoms. The minimum absolute atomic E-state index is 0.231. The predicted molar refractivity (Wildman–Crippen MR) is 37.7 cm³/mol. The summed E-state index contributed by atoms with van der Waals surface area (Å²) in [6.45, 7) is 6.18. The van der Waals surface area contributed by atoms with Crippen molar-refractivity contribution in [2.45, 2.75) is 33.2 Å². The first-order chi connectivity index (χ1) is 3.68. The number of rotatable bonds is 2. The molecule has 0 aromatic heterocycles. The van der Waals surface area contributed by atoms with Gasteiger partial charge in [0, 0.05) is 6.04 Å². The van der Waals surface area contributed by atoms with Crippen LogP contribution in [-0.4, -0.2) is 6.04 Å². The standard InChI is InChI=1S/C7H15N/c1-4-5-6(2)7(3)8/h5,7H,4,8H2,1-3H3. The van der Waals surface area contributed by atoms with Crippen LogP contribution in [0.4, 0.5) is 0 Å². The summed E-state index contributed by atoms with van der Waals surface area (Å²) >= 11 is 0. The van der Waals surface area contributed by atoms with E-state index in [0.29, 0.717) is 0 Å². The molecular formula is C7H15N. The molecule has 0 aliphatic rings. The summed E-state index contributed by atoms with van der Waals surface area (Å²) in [5.41, 5.74) is 6.84. The average molecular weight is 113 g/mol. The van der Waals surface area contributed by atoms with Gasteiger partial charge < -0.3 is 5.73 Å². The van der Waals surface area contributed by atoms with E-state index < -0.39 is 0 Å². The van der Waals surface area contributed by atoms with Gasteiger partial charge >= 0.3 is 0 Å². The summed E-state index contributed by atoms with van der Waals surface area (Å²) < 4.78 is 0. The minimum Gasteiger partial charge on any atom is -0.324 e. The van der Waals surface area contributed by atoms with Crippen LogP contribution in [0.2, 0.25) is 0 Å². The first kappa shape index (κ1) is 7.70. The predicted octanol–water partition coefficient (Wildman–Crippen LogP) is 1.69. The maximum atomic E-state index is 5.55. The summed E-state index contributed by atoms with van der Waals surface area (Å²) in [6, 6.07) is 0.231. The Hall–Kier alpha value is -0.300. The molecule has 0 spiro atoms. The zero-order valence-corrected chi connectivity index (χ0v) is 5.94. The summed E-state index contributed by atoms with van der Waals surface area (Å²) in [6.07, 6.45) is 3.25. The second-order valence-corrected chi connectivity index (χ2v) is 2.15. The fraction of sp³-hybridized carbons (Fsp3) is 0.714. The Morgan fingerprint density at radius 3 is 2.38 bits per heavy atom. The maximum Gasteiger partial charge on any atom is 0.0222 e. The van der Waals surface area contributed by atoms with Gasteiger partial charge in [0.05, 0.1) is 0 Å². The van der Waals surface area contributed by atoms with E-state index in [4.69, 9.17) is 5.73 Å². The third kappa shape index (κ3) is 2.80. The Morgan fingerprint density at radius 1 is 1.75 bits per heavy atom. The first-order valence-electron chi connectivity index (χ1n) is 3.10. The van der Waals surface area contributed by atoms with Crippen LogP contribution in [0.1, 0.15) is 27.2 Å². The molecule has 0 aromatic carbocycles. The highest BCUT2D eigenvalue weighted by Crippen LogP contribution is 1.97. The maximum absolute atomic E-state index is 5.55. The number of hydrogen-bond acceptors (Lipinski definition) is 1. The van der Waals surface area contributed by atoms with E-state index in [9.17, 15) is 0 Å². The summed E-state index contributed by atoms with van der Waals surface area (Å²) in [7, 11) is 0. The molecule has 0 radical (unpaired) electrons. The minimum atomic E-state index is 0.231. The lowest BCUT2D eigenvalue weighted by atomic mass is 10.1. The van der Waals surface area contributed by atoms with E-state index in [1.807, 2.05) is 6.92 Å². The Morgan fingerprint density at radius 2 is 2.25 bits per heavy atom. The molecule has 0 saturated heterocycles. The zero-order valence-electron chi connectivity index (χ0n) is 5.94. The fourth-order valence-electron chi connectivity index (χ4n) is 0.508. The molecule has 1 nitrogen and oxygen atoms in total. The molecule has 1 atom stereocenters. The van der Waals surface area contributed by atoms with Gasteiger partial charge in [-0.25, -0.2) is 0 Å². The van der Waals surface area contributed by atoms with Crippen LogP contribution in [-0.2, 0) is 0 Å². The normalized spacial score (nSPS) is 16.2. The van der Waals surface area contributed by atoms with Gasteiger partial charge in [0.15, 0.2) is 0 Å². The summed E-state index contributed by atoms with van der Waals surface area (Å²) in [4.78, 5) is 0. The monoisotopic (exact) mass is 113 g/mol. The fourth-order valence-corrected chi connectivity index (χ4v) is 0.508. The number of hydrogen-bond donors (Lipinski definition) is 1. The van der Waals surface area contributed by atoms with Crippen molar-refractivity contribution in [2.24, 2.45) is 5.73 Å². The van der Waals surface area contributed by atoms with Crippen molar-refractivity contribution in [3.8, 4) is 0 Å². The molecule has 0 amide bonds. The van der Waals surface area contributed by atoms with E-state index in [1.54, 1.807) is 0 Å². The Bertz CT molecular complexity index is 82.4. The molecule has 1 unspecified atom stereocenters. The molecule has 8 heavy (non-hydrogen) atoms. The topological polar surface area (TPSA) is 26.0 Å². The van der Waals surface area contributed by atoms with Crippen LogP contribution >= 0.6 is 0 Å². The van der Waals surface area contributed by atoms with Crippen LogP contribution in [0.25, 0.3) is 0 Å². The van der Waals surface area contributed by atoms with Crippen molar-refractivity contribution < 1.29 is 0 Å². The largest absolute Gasteiger partial charge is 0.324 e. The van der Waals surface area contributed by atoms with Gasteiger partial charge in [-0.3, -0.25) is 0 Å². The van der Waals surface area contributed by atoms with Gasteiger partial charge in [-0.15, -0.1) is 0 Å². The van der Waals surface area contributed by atoms with Crippen molar-refractivity contribution in [3.63, 3.8) is 0 Å². The van der Waals surface area contributed by atoms with E-state index in [2.05, 4.69) is 19.9 Å². The van der Waals surface area contributed by atoms with Crippen molar-refractivity contribution >= 4 is 0 Å². The molecule has 48 valence electrons. The third-order valence-electron chi connectivity index (χ3n) is 1.24. The highest BCUT2D eigenvalue weighted by Gasteiger charge is 1.91. The molecular weight excluding hydrogens is 98.1 g/mol. The second-order valence-electron chi connectivity index (χ2n) is 2.15. The van der Waals surface area contributed by atoms with E-state index in [-0.39, 0.29) is 6.04 Å². The quantitative estimate of drug-likeness (QED) is 0.542. The van der Waals surface area contributed by atoms with Gasteiger partial charge in [0.25, 0.3) is 0 Å². The van der Waals surface area contributed by atoms with Crippen LogP contribution < -0.4 is 5.73 Å². The molecule has 1 heteroatoms. The lowest BCUT2D eigenvalue weighted by Crippen LogP contribution is -2.15. The molecule has 0 heterocycles. The Balaban J connectivity index is 3.61. The van der Waals surface area contributed by atoms with Crippen molar-refractivity contribution in [3.05, 3.63) is 11.6 Å². The van der Waals surface area contributed by atoms with Gasteiger partial charge in [0.2, 0.25) is 0 Å². The molecule has 0 aliphatic carbocycles. The Labute approximate surface area is 51.6 Å². The first-order valence-corrected chi connectivity index (χ1v) is 3.10. The molecule has 0 fully saturated rings. The van der Waals surface area contributed by atoms with Crippen molar-refractivity contribution in [1.29, 1.82) is 0 Å². The van der Waals surface area contributed by atoms with Crippen LogP contribution in [0.5, 0.6) is 0 Å². The summed E-state index contributed by atoms with van der Waals surface area (Å²) in [5, 5.41) is 0. The highest BCUT2D eigenvalue weighted by molar-refractivity contribution is 5.03. The molecule has 2 N–H and O–H groups in total. The average Bonchev–Trinajstić information content (AvgIpc) is 1.67. The van der Waals surface area contributed by atoms with Crippen molar-refractivity contribution in [1.82, 2.24) is 0 Å². The highest BCUT2D eigenvalue weighted by atomic mass is 14.6. The van der Waals surface area contributed by atoms with E-state index in [1.165, 1.54) is 5.57 Å². The van der Waals surface area contributed by atoms with E-state index in [0.717, 1.165) is 6.42 Å². The molecule has 0 saturated carbocycles. The smallest absolute Gasteiger partial charge is 0.0222 e. The zero-order chi connectivity index (χ0) is 6.57. The van der Waals surface area contributed by atoms with E-state index >= 15 is 0 Å². The number of nitrogens with two attached hydrogens (primary N) is 1. The molecule has 0 rings (SSSR count). The lowest BCUT2D eigenvalue weighted by molar-refractivity contribution is 0.852. The van der Waals surface area contributed by atoms with Crippen LogP contribution in [0.3, 0.4) is 0 Å².